The molecule has 0 bridgehead atoms. The summed E-state index contributed by atoms with van der Waals surface area (Å²) in [5.41, 5.74) is 0.835. The summed E-state index contributed by atoms with van der Waals surface area (Å²) >= 11 is 0. The van der Waals surface area contributed by atoms with E-state index >= 15 is 0 Å². The maximum atomic E-state index is 10.7. The largest absolute Gasteiger partial charge is 0.545 e. The third-order valence-corrected chi connectivity index (χ3v) is 1.97. The number of benzene rings is 1. The quantitative estimate of drug-likeness (QED) is 0.688. The highest BCUT2D eigenvalue weighted by molar-refractivity contribution is 5.87. The molecule has 1 unspecified atom stereocenters. The molecule has 0 N–H and O–H groups in total. The van der Waals surface area contributed by atoms with Crippen LogP contribution in [0.2, 0.25) is 0 Å². The van der Waals surface area contributed by atoms with Crippen LogP contribution in [0.3, 0.4) is 0 Å². The molecule has 0 aliphatic heterocycles. The first-order valence-corrected chi connectivity index (χ1v) is 4.00. The summed E-state index contributed by atoms with van der Waals surface area (Å²) in [5, 5.41) is 10.7. The number of hydrogen-bond donors (Lipinski definition) is 0. The standard InChI is InChI=1S/C10H12O3/c1-7(13-2)8-5-3-4-6-9(8)10(11)12/h3-7H,1-2H3,(H,11,12)/p-1. The molecule has 1 atom stereocenters. The van der Waals surface area contributed by atoms with Gasteiger partial charge in [-0.1, -0.05) is 24.3 Å². The van der Waals surface area contributed by atoms with Crippen LogP contribution in [-0.2, 0) is 4.74 Å². The first kappa shape index (κ1) is 9.74. The normalized spacial score (nSPS) is 12.5. The number of carbonyl (C=O) groups is 1. The molecule has 0 aromatic heterocycles. The van der Waals surface area contributed by atoms with Gasteiger partial charge in [-0.15, -0.1) is 0 Å². The van der Waals surface area contributed by atoms with Gasteiger partial charge in [-0.25, -0.2) is 0 Å². The van der Waals surface area contributed by atoms with E-state index in [-0.39, 0.29) is 11.7 Å². The van der Waals surface area contributed by atoms with Gasteiger partial charge in [-0.2, -0.15) is 0 Å². The molecule has 0 aliphatic rings. The van der Waals surface area contributed by atoms with Crippen LogP contribution in [0.15, 0.2) is 24.3 Å². The highest BCUT2D eigenvalue weighted by atomic mass is 16.5. The van der Waals surface area contributed by atoms with Crippen molar-refractivity contribution in [1.82, 2.24) is 0 Å². The molecule has 1 rings (SSSR count). The monoisotopic (exact) mass is 179 g/mol. The number of ether oxygens (including phenoxy) is 1. The predicted octanol–water partition coefficient (Wildman–Crippen LogP) is 0.758. The van der Waals surface area contributed by atoms with Crippen LogP contribution in [0.1, 0.15) is 28.9 Å². The van der Waals surface area contributed by atoms with E-state index in [1.807, 2.05) is 0 Å². The Hall–Kier alpha value is -1.35. The minimum Gasteiger partial charge on any atom is -0.545 e. The van der Waals surface area contributed by atoms with Crippen molar-refractivity contribution in [3.8, 4) is 0 Å². The van der Waals surface area contributed by atoms with Gasteiger partial charge in [-0.3, -0.25) is 0 Å². The Kier molecular flexibility index (Phi) is 3.03. The maximum Gasteiger partial charge on any atom is 0.0799 e. The first-order chi connectivity index (χ1) is 6.16. The Bertz CT molecular complexity index is 307. The molecule has 0 heterocycles. The van der Waals surface area contributed by atoms with Gasteiger partial charge in [0, 0.05) is 12.7 Å². The van der Waals surface area contributed by atoms with E-state index in [1.54, 1.807) is 25.1 Å². The molecule has 0 radical (unpaired) electrons. The minimum atomic E-state index is -1.17. The fourth-order valence-corrected chi connectivity index (χ4v) is 1.16. The van der Waals surface area contributed by atoms with Gasteiger partial charge in [0.15, 0.2) is 0 Å². The third-order valence-electron chi connectivity index (χ3n) is 1.97. The van der Waals surface area contributed by atoms with Crippen LogP contribution in [-0.4, -0.2) is 13.1 Å². The number of hydrogen-bond acceptors (Lipinski definition) is 3. The van der Waals surface area contributed by atoms with Crippen molar-refractivity contribution in [2.45, 2.75) is 13.0 Å². The second-order valence-electron chi connectivity index (χ2n) is 2.75. The van der Waals surface area contributed by atoms with E-state index < -0.39 is 5.97 Å². The van der Waals surface area contributed by atoms with Crippen molar-refractivity contribution in [2.75, 3.05) is 7.11 Å². The van der Waals surface area contributed by atoms with E-state index in [4.69, 9.17) is 4.74 Å². The molecule has 1 aromatic carbocycles. The average molecular weight is 179 g/mol. The Morgan fingerprint density at radius 1 is 1.46 bits per heavy atom. The lowest BCUT2D eigenvalue weighted by atomic mass is 10.0. The Morgan fingerprint density at radius 3 is 2.62 bits per heavy atom. The lowest BCUT2D eigenvalue weighted by Crippen LogP contribution is -2.24. The van der Waals surface area contributed by atoms with Crippen LogP contribution in [0.4, 0.5) is 0 Å². The van der Waals surface area contributed by atoms with Crippen molar-refractivity contribution in [1.29, 1.82) is 0 Å². The molecular weight excluding hydrogens is 168 g/mol. The molecule has 70 valence electrons. The first-order valence-electron chi connectivity index (χ1n) is 4.00. The fourth-order valence-electron chi connectivity index (χ4n) is 1.16. The second kappa shape index (κ2) is 4.05. The van der Waals surface area contributed by atoms with Gasteiger partial charge in [-0.05, 0) is 12.5 Å². The lowest BCUT2D eigenvalue weighted by Gasteiger charge is -2.15. The van der Waals surface area contributed by atoms with Gasteiger partial charge in [0.2, 0.25) is 0 Å². The average Bonchev–Trinajstić information content (AvgIpc) is 2.16. The van der Waals surface area contributed by atoms with Crippen molar-refractivity contribution < 1.29 is 14.6 Å². The van der Waals surface area contributed by atoms with Gasteiger partial charge in [0.05, 0.1) is 12.1 Å². The smallest absolute Gasteiger partial charge is 0.0799 e. The number of carboxylic acids is 1. The highest BCUT2D eigenvalue weighted by Gasteiger charge is 2.08. The molecule has 0 amide bonds. The predicted molar refractivity (Wildman–Crippen MR) is 46.2 cm³/mol. The SMILES string of the molecule is COC(C)c1ccccc1C(=O)[O-]. The Balaban J connectivity index is 3.11. The zero-order valence-corrected chi connectivity index (χ0v) is 7.61. The summed E-state index contributed by atoms with van der Waals surface area (Å²) in [6, 6.07) is 6.67. The Labute approximate surface area is 77.0 Å². The van der Waals surface area contributed by atoms with E-state index in [1.165, 1.54) is 13.2 Å². The lowest BCUT2D eigenvalue weighted by molar-refractivity contribution is -0.255. The topological polar surface area (TPSA) is 49.4 Å². The highest BCUT2D eigenvalue weighted by Crippen LogP contribution is 2.19. The van der Waals surface area contributed by atoms with Crippen LogP contribution >= 0.6 is 0 Å². The molecule has 0 spiro atoms. The van der Waals surface area contributed by atoms with Crippen LogP contribution in [0.25, 0.3) is 0 Å². The number of carbonyl (C=O) groups excluding carboxylic acids is 1. The molecule has 13 heavy (non-hydrogen) atoms. The summed E-state index contributed by atoms with van der Waals surface area (Å²) in [4.78, 5) is 10.7. The fraction of sp³-hybridized carbons (Fsp3) is 0.300. The number of carboxylic acid groups (broad SMARTS) is 1. The number of methoxy groups -OCH3 is 1. The summed E-state index contributed by atoms with van der Waals surface area (Å²) < 4.78 is 5.04. The second-order valence-corrected chi connectivity index (χ2v) is 2.75. The van der Waals surface area contributed by atoms with Gasteiger partial charge < -0.3 is 14.6 Å². The maximum absolute atomic E-state index is 10.7. The van der Waals surface area contributed by atoms with Gasteiger partial charge >= 0.3 is 0 Å². The molecular formula is C10H11O3-. The van der Waals surface area contributed by atoms with Crippen LogP contribution < -0.4 is 5.11 Å². The van der Waals surface area contributed by atoms with Crippen LogP contribution in [0.5, 0.6) is 0 Å². The molecule has 3 nitrogen and oxygen atoms in total. The van der Waals surface area contributed by atoms with Crippen molar-refractivity contribution >= 4 is 5.97 Å². The van der Waals surface area contributed by atoms with Gasteiger partial charge in [0.25, 0.3) is 0 Å². The van der Waals surface area contributed by atoms with E-state index in [0.717, 1.165) is 0 Å². The molecule has 0 fully saturated rings. The third kappa shape index (κ3) is 2.06. The van der Waals surface area contributed by atoms with Crippen molar-refractivity contribution in [3.05, 3.63) is 35.4 Å². The summed E-state index contributed by atoms with van der Waals surface area (Å²) in [5.74, 6) is -1.17. The number of aromatic carboxylic acids is 1. The minimum absolute atomic E-state index is 0.192. The Morgan fingerprint density at radius 2 is 2.08 bits per heavy atom. The number of rotatable bonds is 3. The summed E-state index contributed by atoms with van der Waals surface area (Å²) in [6.45, 7) is 1.79. The van der Waals surface area contributed by atoms with Crippen molar-refractivity contribution in [2.24, 2.45) is 0 Å². The van der Waals surface area contributed by atoms with Crippen LogP contribution in [0, 0.1) is 0 Å². The van der Waals surface area contributed by atoms with Gasteiger partial charge in [0.1, 0.15) is 0 Å². The molecule has 0 aliphatic carbocycles. The van der Waals surface area contributed by atoms with E-state index in [2.05, 4.69) is 0 Å². The zero-order valence-electron chi connectivity index (χ0n) is 7.61. The molecule has 0 saturated heterocycles. The van der Waals surface area contributed by atoms with E-state index in [0.29, 0.717) is 5.56 Å². The zero-order chi connectivity index (χ0) is 9.84. The van der Waals surface area contributed by atoms with E-state index in [9.17, 15) is 9.90 Å². The summed E-state index contributed by atoms with van der Waals surface area (Å²) in [6.07, 6.45) is -0.228. The van der Waals surface area contributed by atoms with Crippen molar-refractivity contribution in [3.63, 3.8) is 0 Å². The summed E-state index contributed by atoms with van der Waals surface area (Å²) in [7, 11) is 1.54. The molecule has 3 heteroatoms. The molecule has 0 saturated carbocycles. The molecule has 1 aromatic rings.